The molecule has 0 aliphatic carbocycles. The first-order valence-corrected chi connectivity index (χ1v) is 9.42. The minimum absolute atomic E-state index is 0.0787. The maximum absolute atomic E-state index is 13.3. The summed E-state index contributed by atoms with van der Waals surface area (Å²) >= 11 is 0. The van der Waals surface area contributed by atoms with Gasteiger partial charge in [-0.1, -0.05) is 30.3 Å². The van der Waals surface area contributed by atoms with Gasteiger partial charge >= 0.3 is 5.97 Å². The number of amides is 1. The van der Waals surface area contributed by atoms with E-state index in [9.17, 15) is 18.4 Å². The highest BCUT2D eigenvalue weighted by Gasteiger charge is 2.45. The van der Waals surface area contributed by atoms with Gasteiger partial charge in [0.1, 0.15) is 5.75 Å². The summed E-state index contributed by atoms with van der Waals surface area (Å²) in [6.07, 6.45) is -0.0251. The molecule has 1 amide bonds. The zero-order chi connectivity index (χ0) is 21.0. The van der Waals surface area contributed by atoms with Gasteiger partial charge in [0, 0.05) is 19.2 Å². The van der Waals surface area contributed by atoms with Gasteiger partial charge in [0.2, 0.25) is 0 Å². The molecule has 1 aliphatic rings. The van der Waals surface area contributed by atoms with Crippen molar-refractivity contribution in [3.63, 3.8) is 0 Å². The summed E-state index contributed by atoms with van der Waals surface area (Å²) in [7, 11) is 1.36. The Morgan fingerprint density at radius 2 is 1.69 bits per heavy atom. The fraction of sp³-hybridized carbons (Fsp3) is 0.364. The van der Waals surface area contributed by atoms with E-state index < -0.39 is 23.2 Å². The number of nitrogens with zero attached hydrogens (tertiary/aromatic N) is 1. The second kappa shape index (κ2) is 8.59. The highest BCUT2D eigenvalue weighted by molar-refractivity contribution is 5.85. The largest absolute Gasteiger partial charge is 0.481 e. The van der Waals surface area contributed by atoms with Crippen molar-refractivity contribution in [3.05, 3.63) is 65.7 Å². The van der Waals surface area contributed by atoms with Crippen LogP contribution in [0.3, 0.4) is 0 Å². The van der Waals surface area contributed by atoms with Crippen LogP contribution in [0.4, 0.5) is 8.78 Å². The van der Waals surface area contributed by atoms with Crippen LogP contribution >= 0.6 is 0 Å². The molecular formula is C22H23F2NO4. The maximum atomic E-state index is 13.3. The summed E-state index contributed by atoms with van der Waals surface area (Å²) in [4.78, 5) is 27.0. The predicted octanol–water partition coefficient (Wildman–Crippen LogP) is 3.47. The average Bonchev–Trinajstić information content (AvgIpc) is 2.75. The Kier molecular flexibility index (Phi) is 6.15. The van der Waals surface area contributed by atoms with Crippen molar-refractivity contribution >= 4 is 11.9 Å². The lowest BCUT2D eigenvalue weighted by molar-refractivity contribution is -0.152. The molecule has 1 fully saturated rings. The average molecular weight is 403 g/mol. The van der Waals surface area contributed by atoms with Gasteiger partial charge in [0.15, 0.2) is 17.7 Å². The van der Waals surface area contributed by atoms with Gasteiger partial charge < -0.3 is 14.4 Å². The first kappa shape index (κ1) is 20.8. The summed E-state index contributed by atoms with van der Waals surface area (Å²) in [6, 6.07) is 12.5. The van der Waals surface area contributed by atoms with Crippen molar-refractivity contribution in [1.82, 2.24) is 4.90 Å². The summed E-state index contributed by atoms with van der Waals surface area (Å²) < 4.78 is 36.9. The minimum Gasteiger partial charge on any atom is -0.481 e. The van der Waals surface area contributed by atoms with Gasteiger partial charge in [0.05, 0.1) is 12.5 Å². The van der Waals surface area contributed by atoms with Crippen LogP contribution < -0.4 is 4.74 Å². The molecule has 0 aromatic heterocycles. The Morgan fingerprint density at radius 1 is 1.03 bits per heavy atom. The third-order valence-electron chi connectivity index (χ3n) is 5.38. The molecule has 1 saturated heterocycles. The van der Waals surface area contributed by atoms with E-state index in [1.807, 2.05) is 30.3 Å². The Morgan fingerprint density at radius 3 is 2.28 bits per heavy atom. The molecule has 29 heavy (non-hydrogen) atoms. The molecule has 5 nitrogen and oxygen atoms in total. The number of methoxy groups -OCH3 is 1. The molecule has 154 valence electrons. The van der Waals surface area contributed by atoms with E-state index in [0.29, 0.717) is 25.9 Å². The molecule has 2 aromatic rings. The number of benzene rings is 2. The van der Waals surface area contributed by atoms with Gasteiger partial charge in [-0.15, -0.1) is 0 Å². The van der Waals surface area contributed by atoms with E-state index in [-0.39, 0.29) is 17.6 Å². The minimum atomic E-state index is -1.04. The van der Waals surface area contributed by atoms with E-state index in [4.69, 9.17) is 9.47 Å². The monoisotopic (exact) mass is 403 g/mol. The fourth-order valence-electron chi connectivity index (χ4n) is 3.73. The smallest absolute Gasteiger partial charge is 0.316 e. The quantitative estimate of drug-likeness (QED) is 0.718. The summed E-state index contributed by atoms with van der Waals surface area (Å²) in [6.45, 7) is 2.27. The number of carbonyl (C=O) groups excluding carboxylic acids is 2. The molecule has 1 heterocycles. The van der Waals surface area contributed by atoms with Crippen LogP contribution in [0.1, 0.15) is 25.3 Å². The normalized spacial score (nSPS) is 16.8. The van der Waals surface area contributed by atoms with Gasteiger partial charge in [-0.25, -0.2) is 8.78 Å². The van der Waals surface area contributed by atoms with Crippen molar-refractivity contribution in [2.45, 2.75) is 31.3 Å². The van der Waals surface area contributed by atoms with E-state index in [0.717, 1.165) is 17.7 Å². The van der Waals surface area contributed by atoms with Crippen LogP contribution in [-0.2, 0) is 19.7 Å². The first-order chi connectivity index (χ1) is 13.9. The van der Waals surface area contributed by atoms with E-state index in [1.54, 1.807) is 11.8 Å². The van der Waals surface area contributed by atoms with Crippen LogP contribution in [0.25, 0.3) is 0 Å². The third-order valence-corrected chi connectivity index (χ3v) is 5.38. The highest BCUT2D eigenvalue weighted by Crippen LogP contribution is 2.37. The third kappa shape index (κ3) is 4.23. The molecule has 1 aliphatic heterocycles. The number of ether oxygens (including phenoxy) is 2. The van der Waals surface area contributed by atoms with E-state index in [2.05, 4.69) is 0 Å². The van der Waals surface area contributed by atoms with Crippen molar-refractivity contribution in [3.8, 4) is 5.75 Å². The molecule has 0 saturated carbocycles. The summed E-state index contributed by atoms with van der Waals surface area (Å²) in [5, 5.41) is 0. The highest BCUT2D eigenvalue weighted by atomic mass is 19.2. The van der Waals surface area contributed by atoms with Crippen LogP contribution in [0.2, 0.25) is 0 Å². The lowest BCUT2D eigenvalue weighted by atomic mass is 9.72. The molecule has 0 spiro atoms. The molecule has 1 unspecified atom stereocenters. The number of hydrogen-bond acceptors (Lipinski definition) is 4. The summed E-state index contributed by atoms with van der Waals surface area (Å²) in [5.41, 5.74) is 0.0711. The van der Waals surface area contributed by atoms with Crippen molar-refractivity contribution in [1.29, 1.82) is 0 Å². The van der Waals surface area contributed by atoms with Gasteiger partial charge in [-0.05, 0) is 37.5 Å². The number of hydrogen-bond donors (Lipinski definition) is 0. The number of esters is 1. The first-order valence-electron chi connectivity index (χ1n) is 9.42. The molecular weight excluding hydrogens is 380 g/mol. The molecule has 0 radical (unpaired) electrons. The van der Waals surface area contributed by atoms with Gasteiger partial charge in [-0.3, -0.25) is 9.59 Å². The Labute approximate surface area is 168 Å². The Balaban J connectivity index is 1.69. The Bertz CT molecular complexity index is 880. The van der Waals surface area contributed by atoms with E-state index >= 15 is 0 Å². The standard InChI is InChI=1S/C22H23F2NO4/c1-15(29-17-8-9-18(23)19(24)14-17)20(26)25-12-10-22(11-13-25,21(27)28-2)16-6-4-3-5-7-16/h3-9,14-15H,10-13H2,1-2H3. The van der Waals surface area contributed by atoms with Crippen LogP contribution in [0.15, 0.2) is 48.5 Å². The topological polar surface area (TPSA) is 55.8 Å². The molecule has 2 aromatic carbocycles. The van der Waals surface area contributed by atoms with Crippen molar-refractivity contribution in [2.24, 2.45) is 0 Å². The number of rotatable bonds is 5. The zero-order valence-electron chi connectivity index (χ0n) is 16.4. The number of halogens is 2. The van der Waals surface area contributed by atoms with Crippen molar-refractivity contribution < 1.29 is 27.8 Å². The SMILES string of the molecule is COC(=O)C1(c2ccccc2)CCN(C(=O)C(C)Oc2ccc(F)c(F)c2)CC1. The Hall–Kier alpha value is -2.96. The number of piperidine rings is 1. The van der Waals surface area contributed by atoms with Crippen molar-refractivity contribution in [2.75, 3.05) is 20.2 Å². The van der Waals surface area contributed by atoms with Gasteiger partial charge in [0.25, 0.3) is 5.91 Å². The second-order valence-corrected chi connectivity index (χ2v) is 7.10. The summed E-state index contributed by atoms with van der Waals surface area (Å²) in [5.74, 6) is -2.53. The lowest BCUT2D eigenvalue weighted by Gasteiger charge is -2.40. The molecule has 0 N–H and O–H groups in total. The number of likely N-dealkylation sites (tertiary alicyclic amines) is 1. The number of carbonyl (C=O) groups is 2. The van der Waals surface area contributed by atoms with Gasteiger partial charge in [-0.2, -0.15) is 0 Å². The molecule has 0 bridgehead atoms. The molecule has 1 atom stereocenters. The van der Waals surface area contributed by atoms with Crippen LogP contribution in [-0.4, -0.2) is 43.1 Å². The zero-order valence-corrected chi connectivity index (χ0v) is 16.4. The van der Waals surface area contributed by atoms with Crippen LogP contribution in [0.5, 0.6) is 5.75 Å². The molecule has 3 rings (SSSR count). The second-order valence-electron chi connectivity index (χ2n) is 7.10. The lowest BCUT2D eigenvalue weighted by Crippen LogP contribution is -2.52. The van der Waals surface area contributed by atoms with E-state index in [1.165, 1.54) is 13.2 Å². The molecule has 7 heteroatoms. The maximum Gasteiger partial charge on any atom is 0.316 e. The van der Waals surface area contributed by atoms with Crippen LogP contribution in [0, 0.1) is 11.6 Å². The predicted molar refractivity (Wildman–Crippen MR) is 102 cm³/mol. The fourth-order valence-corrected chi connectivity index (χ4v) is 3.73.